The molecule has 19 rings (SSSR count). The normalized spacial score (nSPS) is 29.7. The van der Waals surface area contributed by atoms with E-state index in [1.54, 1.807) is 22.3 Å². The lowest BCUT2D eigenvalue weighted by Crippen LogP contribution is -2.28. The van der Waals surface area contributed by atoms with Crippen molar-refractivity contribution in [1.82, 2.24) is 14.4 Å². The van der Waals surface area contributed by atoms with E-state index in [2.05, 4.69) is 83.5 Å². The molecule has 0 N–H and O–H groups in total. The Morgan fingerprint density at radius 2 is 1.13 bits per heavy atom. The van der Waals surface area contributed by atoms with Gasteiger partial charge in [-0.25, -0.2) is 0 Å². The van der Waals surface area contributed by atoms with Crippen LogP contribution in [0.25, 0.3) is 82.3 Å². The number of furan rings is 1. The summed E-state index contributed by atoms with van der Waals surface area (Å²) < 4.78 is 9.95. The Morgan fingerprint density at radius 3 is 1.77 bits per heavy atom. The number of aromatic nitrogens is 3. The van der Waals surface area contributed by atoms with Gasteiger partial charge in [-0.1, -0.05) is 61.7 Å². The van der Waals surface area contributed by atoms with Gasteiger partial charge >= 0.3 is 0 Å². The summed E-state index contributed by atoms with van der Waals surface area (Å²) >= 11 is 0. The number of para-hydroxylation sites is 1. The number of fused-ring (bicyclic) bond motifs is 14. The molecule has 1 spiro atoms. The average Bonchev–Trinajstić information content (AvgIpc) is 3.95. The van der Waals surface area contributed by atoms with Crippen molar-refractivity contribution in [3.63, 3.8) is 0 Å². The maximum absolute atomic E-state index is 7.27. The molecule has 0 amide bonds. The zero-order valence-corrected chi connectivity index (χ0v) is 35.5. The van der Waals surface area contributed by atoms with Gasteiger partial charge < -0.3 is 8.82 Å². The van der Waals surface area contributed by atoms with Crippen LogP contribution >= 0.6 is 0 Å². The highest BCUT2D eigenvalue weighted by atomic mass is 16.3. The second kappa shape index (κ2) is 11.3. The fourth-order valence-corrected chi connectivity index (χ4v) is 17.6. The van der Waals surface area contributed by atoms with Gasteiger partial charge in [0.2, 0.25) is 0 Å². The maximum atomic E-state index is 7.27. The SMILES string of the molecule is c1ccc2c(c1)-c1cc3c(oc4ccccc43)c(-c3cc4c5c6c(ncc5n5c7cnc8c(c7c(c3)c45)C3CC4CC(CC8C4)C3)C3CC4CC(C3)CC6C4)c1C21CCCCC1. The van der Waals surface area contributed by atoms with Crippen LogP contribution in [0.4, 0.5) is 0 Å². The molecule has 4 atom stereocenters. The van der Waals surface area contributed by atoms with Crippen LogP contribution in [0.15, 0.2) is 83.5 Å². The van der Waals surface area contributed by atoms with Crippen molar-refractivity contribution in [2.45, 2.75) is 125 Å². The van der Waals surface area contributed by atoms with E-state index in [4.69, 9.17) is 14.4 Å². The van der Waals surface area contributed by atoms with Gasteiger partial charge in [-0.15, -0.1) is 0 Å². The lowest BCUT2D eigenvalue weighted by atomic mass is 9.66. The molecule has 8 bridgehead atoms. The standard InChI is InChI=1S/C58H51N3O/c1-6-12-58(13-7-1)44-10-4-2-8-38(44)40-26-41-39-9-3-5-11-47(39)62-57(41)50(53(40)58)35-24-42-51-45(27-59-54-36-20-29-14-30(21-36)17-33(16-29)48(51)54)61-46-28-60-55-37-22-31-15-32(23-37)19-34(18-31)49(55)52(46)43(25-35)56(42)61/h2-5,8-11,24-34,36-37H,1,6-7,12-23H2. The number of hydrogen-bond donors (Lipinski definition) is 0. The molecule has 5 saturated carbocycles. The Labute approximate surface area is 361 Å². The molecule has 304 valence electrons. The van der Waals surface area contributed by atoms with Crippen LogP contribution in [0.5, 0.6) is 0 Å². The van der Waals surface area contributed by atoms with Crippen LogP contribution in [-0.4, -0.2) is 14.4 Å². The van der Waals surface area contributed by atoms with Crippen LogP contribution in [0, 0.1) is 23.7 Å². The number of hydrogen-bond acceptors (Lipinski definition) is 3. The second-order valence-electron chi connectivity index (χ2n) is 22.3. The summed E-state index contributed by atoms with van der Waals surface area (Å²) in [5.41, 5.74) is 20.9. The fourth-order valence-electron chi connectivity index (χ4n) is 17.6. The summed E-state index contributed by atoms with van der Waals surface area (Å²) in [6, 6.07) is 26.2. The molecule has 0 saturated heterocycles. The number of benzene rings is 4. The van der Waals surface area contributed by atoms with Gasteiger partial charge in [-0.2, -0.15) is 0 Å². The van der Waals surface area contributed by atoms with Gasteiger partial charge in [0.1, 0.15) is 11.2 Å². The van der Waals surface area contributed by atoms with E-state index in [1.807, 2.05) is 0 Å². The van der Waals surface area contributed by atoms with Crippen LogP contribution in [0.2, 0.25) is 0 Å². The first-order chi connectivity index (χ1) is 30.6. The Kier molecular flexibility index (Phi) is 6.07. The molecule has 5 heterocycles. The fraction of sp³-hybridized carbons (Fsp3) is 0.414. The summed E-state index contributed by atoms with van der Waals surface area (Å²) in [5.74, 6) is 5.79. The van der Waals surface area contributed by atoms with Crippen LogP contribution in [0.1, 0.15) is 154 Å². The van der Waals surface area contributed by atoms with Gasteiger partial charge in [-0.3, -0.25) is 9.97 Å². The zero-order valence-electron chi connectivity index (χ0n) is 35.5. The molecule has 4 unspecified atom stereocenters. The van der Waals surface area contributed by atoms with Crippen molar-refractivity contribution in [1.29, 1.82) is 0 Å². The second-order valence-corrected chi connectivity index (χ2v) is 22.3. The van der Waals surface area contributed by atoms with Gasteiger partial charge in [0.25, 0.3) is 0 Å². The van der Waals surface area contributed by atoms with Crippen molar-refractivity contribution >= 4 is 60.0 Å². The average molecular weight is 806 g/mol. The molecule has 4 nitrogen and oxygen atoms in total. The first kappa shape index (κ1) is 33.4. The Balaban J connectivity index is 1.07. The van der Waals surface area contributed by atoms with Crippen molar-refractivity contribution in [2.75, 3.05) is 0 Å². The first-order valence-corrected chi connectivity index (χ1v) is 24.8. The minimum atomic E-state index is -0.0218. The molecular weight excluding hydrogens is 755 g/mol. The molecule has 4 aromatic carbocycles. The number of pyridine rings is 2. The predicted octanol–water partition coefficient (Wildman–Crippen LogP) is 15.2. The van der Waals surface area contributed by atoms with Crippen LogP contribution < -0.4 is 0 Å². The van der Waals surface area contributed by atoms with E-state index in [9.17, 15) is 0 Å². The molecule has 4 heteroatoms. The van der Waals surface area contributed by atoms with E-state index >= 15 is 0 Å². The summed E-state index contributed by atoms with van der Waals surface area (Å²) in [6.07, 6.45) is 24.4. The number of rotatable bonds is 1. The monoisotopic (exact) mass is 805 g/mol. The smallest absolute Gasteiger partial charge is 0.143 e. The molecule has 10 aliphatic carbocycles. The van der Waals surface area contributed by atoms with Crippen molar-refractivity contribution < 1.29 is 4.42 Å². The molecule has 0 aliphatic heterocycles. The van der Waals surface area contributed by atoms with E-state index in [1.165, 1.54) is 179 Å². The Hall–Kier alpha value is -5.22. The third kappa shape index (κ3) is 3.93. The van der Waals surface area contributed by atoms with E-state index < -0.39 is 0 Å². The van der Waals surface area contributed by atoms with Gasteiger partial charge in [0, 0.05) is 66.5 Å². The molecule has 9 aromatic rings. The summed E-state index contributed by atoms with van der Waals surface area (Å²) in [7, 11) is 0. The van der Waals surface area contributed by atoms with Crippen LogP contribution in [0.3, 0.4) is 0 Å². The van der Waals surface area contributed by atoms with Gasteiger partial charge in [-0.05, 0) is 176 Å². The highest BCUT2D eigenvalue weighted by Gasteiger charge is 2.49. The lowest BCUT2D eigenvalue weighted by molar-refractivity contribution is 0.165. The summed E-state index contributed by atoms with van der Waals surface area (Å²) in [4.78, 5) is 11.2. The van der Waals surface area contributed by atoms with Gasteiger partial charge in [0.15, 0.2) is 0 Å². The third-order valence-corrected chi connectivity index (χ3v) is 19.4. The number of nitrogens with zero attached hydrogens (tertiary/aromatic N) is 3. The largest absolute Gasteiger partial charge is 0.455 e. The van der Waals surface area contributed by atoms with Crippen molar-refractivity contribution in [3.05, 3.63) is 113 Å². The van der Waals surface area contributed by atoms with Crippen molar-refractivity contribution in [2.24, 2.45) is 23.7 Å². The Bertz CT molecular complexity index is 3330. The highest BCUT2D eigenvalue weighted by Crippen LogP contribution is 2.63. The van der Waals surface area contributed by atoms with E-state index in [0.717, 1.165) is 34.8 Å². The van der Waals surface area contributed by atoms with E-state index in [0.29, 0.717) is 23.7 Å². The summed E-state index contributed by atoms with van der Waals surface area (Å²) in [5, 5.41) is 8.41. The van der Waals surface area contributed by atoms with Crippen LogP contribution in [-0.2, 0) is 5.41 Å². The molecule has 62 heavy (non-hydrogen) atoms. The van der Waals surface area contributed by atoms with Crippen molar-refractivity contribution in [3.8, 4) is 22.3 Å². The summed E-state index contributed by atoms with van der Waals surface area (Å²) in [6.45, 7) is 0. The molecule has 0 radical (unpaired) electrons. The molecular formula is C58H51N3O. The maximum Gasteiger partial charge on any atom is 0.143 e. The molecule has 10 aliphatic rings. The quantitative estimate of drug-likeness (QED) is 0.166. The highest BCUT2D eigenvalue weighted by molar-refractivity contribution is 6.27. The zero-order chi connectivity index (χ0) is 39.7. The van der Waals surface area contributed by atoms with Gasteiger partial charge in [0.05, 0.1) is 28.9 Å². The lowest BCUT2D eigenvalue weighted by Gasteiger charge is -2.38. The first-order valence-electron chi connectivity index (χ1n) is 24.8. The topological polar surface area (TPSA) is 43.3 Å². The minimum absolute atomic E-state index is 0.0218. The third-order valence-electron chi connectivity index (χ3n) is 19.4. The minimum Gasteiger partial charge on any atom is -0.455 e. The molecule has 5 fully saturated rings. The van der Waals surface area contributed by atoms with E-state index in [-0.39, 0.29) is 5.41 Å². The Morgan fingerprint density at radius 1 is 0.548 bits per heavy atom. The predicted molar refractivity (Wildman–Crippen MR) is 250 cm³/mol. The molecule has 5 aromatic heterocycles.